The first kappa shape index (κ1) is 58.0. The molecule has 9 nitrogen and oxygen atoms in total. The fourth-order valence-corrected chi connectivity index (χ4v) is 7.21. The number of allylic oxidation sites excluding steroid dienone is 8. The molecule has 0 amide bonds. The molecular formula is C50H92NO8P. The zero-order valence-electron chi connectivity index (χ0n) is 39.4. The largest absolute Gasteiger partial charge is 0.756 e. The maximum atomic E-state index is 12.7. The van der Waals surface area contributed by atoms with Gasteiger partial charge in [-0.2, -0.15) is 0 Å². The highest BCUT2D eigenvalue weighted by Crippen LogP contribution is 2.38. The number of hydrogen-bond donors (Lipinski definition) is 0. The van der Waals surface area contributed by atoms with Crippen LogP contribution < -0.4 is 4.89 Å². The lowest BCUT2D eigenvalue weighted by molar-refractivity contribution is -0.870. The van der Waals surface area contributed by atoms with E-state index in [-0.39, 0.29) is 26.1 Å². The maximum absolute atomic E-state index is 12.7. The molecule has 1 unspecified atom stereocenters. The molecule has 2 atom stereocenters. The van der Waals surface area contributed by atoms with Gasteiger partial charge in [0, 0.05) is 12.8 Å². The molecule has 0 aliphatic heterocycles. The van der Waals surface area contributed by atoms with Gasteiger partial charge in [-0.15, -0.1) is 0 Å². The van der Waals surface area contributed by atoms with Crippen molar-refractivity contribution in [3.63, 3.8) is 0 Å². The normalized spacial score (nSPS) is 13.9. The number of carbonyl (C=O) groups excluding carboxylic acids is 2. The van der Waals surface area contributed by atoms with Crippen molar-refractivity contribution >= 4 is 19.8 Å². The van der Waals surface area contributed by atoms with Crippen molar-refractivity contribution < 1.29 is 42.1 Å². The quantitative estimate of drug-likeness (QED) is 0.0196. The monoisotopic (exact) mass is 866 g/mol. The first-order valence-electron chi connectivity index (χ1n) is 24.3. The number of quaternary nitrogens is 1. The second-order valence-corrected chi connectivity index (χ2v) is 18.9. The molecule has 60 heavy (non-hydrogen) atoms. The van der Waals surface area contributed by atoms with E-state index in [9.17, 15) is 19.0 Å². The van der Waals surface area contributed by atoms with Crippen LogP contribution in [-0.2, 0) is 32.7 Å². The molecule has 0 aromatic rings. The van der Waals surface area contributed by atoms with Crippen molar-refractivity contribution in [2.24, 2.45) is 0 Å². The summed E-state index contributed by atoms with van der Waals surface area (Å²) in [4.78, 5) is 37.6. The summed E-state index contributed by atoms with van der Waals surface area (Å²) in [6, 6.07) is 0. The van der Waals surface area contributed by atoms with Crippen LogP contribution >= 0.6 is 7.82 Å². The van der Waals surface area contributed by atoms with Crippen LogP contribution in [0.5, 0.6) is 0 Å². The van der Waals surface area contributed by atoms with Gasteiger partial charge in [-0.3, -0.25) is 14.2 Å². The minimum Gasteiger partial charge on any atom is -0.756 e. The van der Waals surface area contributed by atoms with Gasteiger partial charge in [0.25, 0.3) is 7.82 Å². The topological polar surface area (TPSA) is 111 Å². The number of esters is 2. The Balaban J connectivity index is 4.34. The number of ether oxygens (including phenoxy) is 2. The third kappa shape index (κ3) is 45.5. The molecule has 0 radical (unpaired) electrons. The number of unbranched alkanes of at least 4 members (excludes halogenated alkanes) is 22. The SMILES string of the molecule is CCCCC/C=C\C/C=C\C/C=C\CCCCCCC(=O)OC[C@H](COP(=O)([O-])OCC[N+](C)(C)C)OC(=O)CCCCCCCCC/C=C\CCCCCCCCCC. The van der Waals surface area contributed by atoms with Crippen LogP contribution in [0.1, 0.15) is 206 Å². The van der Waals surface area contributed by atoms with Crippen LogP contribution in [0.4, 0.5) is 0 Å². The summed E-state index contributed by atoms with van der Waals surface area (Å²) in [7, 11) is 1.15. The Morgan fingerprint density at radius 1 is 0.517 bits per heavy atom. The van der Waals surface area contributed by atoms with E-state index in [2.05, 4.69) is 62.5 Å². The summed E-state index contributed by atoms with van der Waals surface area (Å²) >= 11 is 0. The molecule has 0 heterocycles. The fourth-order valence-electron chi connectivity index (χ4n) is 6.48. The highest BCUT2D eigenvalue weighted by Gasteiger charge is 2.21. The van der Waals surface area contributed by atoms with E-state index in [1.54, 1.807) is 0 Å². The van der Waals surface area contributed by atoms with Crippen molar-refractivity contribution in [2.45, 2.75) is 213 Å². The molecule has 0 saturated heterocycles. The van der Waals surface area contributed by atoms with Gasteiger partial charge in [-0.25, -0.2) is 0 Å². The molecule has 0 fully saturated rings. The summed E-state index contributed by atoms with van der Waals surface area (Å²) in [5, 5.41) is 0. The molecule has 10 heteroatoms. The van der Waals surface area contributed by atoms with Crippen molar-refractivity contribution in [1.82, 2.24) is 0 Å². The van der Waals surface area contributed by atoms with E-state index in [0.717, 1.165) is 64.2 Å². The second kappa shape index (κ2) is 42.3. The number of carbonyl (C=O) groups is 2. The van der Waals surface area contributed by atoms with Crippen molar-refractivity contribution in [3.05, 3.63) is 48.6 Å². The molecule has 0 saturated carbocycles. The highest BCUT2D eigenvalue weighted by atomic mass is 31.2. The third-order valence-electron chi connectivity index (χ3n) is 10.3. The van der Waals surface area contributed by atoms with E-state index < -0.39 is 32.5 Å². The van der Waals surface area contributed by atoms with Gasteiger partial charge in [-0.1, -0.05) is 165 Å². The molecule has 0 bridgehead atoms. The lowest BCUT2D eigenvalue weighted by atomic mass is 10.1. The van der Waals surface area contributed by atoms with Gasteiger partial charge in [0.05, 0.1) is 27.7 Å². The van der Waals surface area contributed by atoms with E-state index in [4.69, 9.17) is 18.5 Å². The standard InChI is InChI=1S/C50H92NO8P/c1-6-8-10-12-14-16-18-20-22-24-25-27-29-31-33-35-37-39-41-43-50(53)59-48(47-58-60(54,55)57-45-44-51(3,4)5)46-56-49(52)42-40-38-36-34-32-30-28-26-23-21-19-17-15-13-11-9-7-2/h15,17,21,23-25,28,30,48H,6-14,16,18-20,22,26-27,29,31-47H2,1-5H3/b17-15-,23-21-,25-24-,30-28-/t48-/m1/s1. The first-order chi connectivity index (χ1) is 29.0. The van der Waals surface area contributed by atoms with Crippen LogP contribution in [0, 0.1) is 0 Å². The summed E-state index contributed by atoms with van der Waals surface area (Å²) < 4.78 is 34.0. The van der Waals surface area contributed by atoms with Gasteiger partial charge in [-0.05, 0) is 77.0 Å². The molecule has 0 N–H and O–H groups in total. The minimum absolute atomic E-state index is 0.0365. The van der Waals surface area contributed by atoms with E-state index in [1.807, 2.05) is 21.1 Å². The number of rotatable bonds is 44. The first-order valence-corrected chi connectivity index (χ1v) is 25.8. The lowest BCUT2D eigenvalue weighted by Crippen LogP contribution is -2.37. The van der Waals surface area contributed by atoms with Crippen LogP contribution in [0.2, 0.25) is 0 Å². The Morgan fingerprint density at radius 3 is 1.38 bits per heavy atom. The lowest BCUT2D eigenvalue weighted by Gasteiger charge is -2.28. The van der Waals surface area contributed by atoms with E-state index in [0.29, 0.717) is 23.9 Å². The van der Waals surface area contributed by atoms with Gasteiger partial charge in [0.1, 0.15) is 19.8 Å². The second-order valence-electron chi connectivity index (χ2n) is 17.5. The Morgan fingerprint density at radius 2 is 0.900 bits per heavy atom. The summed E-state index contributed by atoms with van der Waals surface area (Å²) in [6.07, 6.45) is 49.9. The average Bonchev–Trinajstić information content (AvgIpc) is 3.20. The number of phosphoric acid groups is 1. The molecule has 0 aromatic heterocycles. The molecule has 0 aliphatic carbocycles. The summed E-state index contributed by atoms with van der Waals surface area (Å²) in [5.74, 6) is -0.863. The molecule has 0 rings (SSSR count). The van der Waals surface area contributed by atoms with E-state index in [1.165, 1.54) is 103 Å². The summed E-state index contributed by atoms with van der Waals surface area (Å²) in [6.45, 7) is 4.18. The van der Waals surface area contributed by atoms with Crippen LogP contribution in [0.25, 0.3) is 0 Å². The number of phosphoric ester groups is 1. The molecule has 0 aliphatic rings. The van der Waals surface area contributed by atoms with Gasteiger partial charge >= 0.3 is 11.9 Å². The van der Waals surface area contributed by atoms with Gasteiger partial charge < -0.3 is 27.9 Å². The minimum atomic E-state index is -4.64. The average molecular weight is 866 g/mol. The third-order valence-corrected chi connectivity index (χ3v) is 11.3. The Bertz CT molecular complexity index is 1160. The Hall–Kier alpha value is -2.03. The maximum Gasteiger partial charge on any atom is 0.306 e. The Labute approximate surface area is 369 Å². The number of nitrogens with zero attached hydrogens (tertiary/aromatic N) is 1. The van der Waals surface area contributed by atoms with Crippen LogP contribution in [0.3, 0.4) is 0 Å². The molecule has 0 aromatic carbocycles. The predicted octanol–water partition coefficient (Wildman–Crippen LogP) is 13.6. The van der Waals surface area contributed by atoms with Crippen molar-refractivity contribution in [3.8, 4) is 0 Å². The van der Waals surface area contributed by atoms with Crippen molar-refractivity contribution in [2.75, 3.05) is 47.5 Å². The zero-order valence-corrected chi connectivity index (χ0v) is 40.3. The fraction of sp³-hybridized carbons (Fsp3) is 0.800. The predicted molar refractivity (Wildman–Crippen MR) is 250 cm³/mol. The number of hydrogen-bond acceptors (Lipinski definition) is 8. The smallest absolute Gasteiger partial charge is 0.306 e. The van der Waals surface area contributed by atoms with Crippen LogP contribution in [0.15, 0.2) is 48.6 Å². The molecular weight excluding hydrogens is 774 g/mol. The summed E-state index contributed by atoms with van der Waals surface area (Å²) in [5.41, 5.74) is 0. The zero-order chi connectivity index (χ0) is 44.3. The number of likely N-dealkylation sites (N-methyl/N-ethyl adjacent to an activating group) is 1. The highest BCUT2D eigenvalue weighted by molar-refractivity contribution is 7.45. The Kier molecular flexibility index (Phi) is 40.8. The van der Waals surface area contributed by atoms with Gasteiger partial charge in [0.2, 0.25) is 0 Å². The molecule has 0 spiro atoms. The van der Waals surface area contributed by atoms with Gasteiger partial charge in [0.15, 0.2) is 6.10 Å². The van der Waals surface area contributed by atoms with Crippen molar-refractivity contribution in [1.29, 1.82) is 0 Å². The molecule has 350 valence electrons. The van der Waals surface area contributed by atoms with E-state index >= 15 is 0 Å². The van der Waals surface area contributed by atoms with Crippen LogP contribution in [-0.4, -0.2) is 70.0 Å².